The molecule has 10 heteroatoms. The fourth-order valence-electron chi connectivity index (χ4n) is 2.20. The highest BCUT2D eigenvalue weighted by Crippen LogP contribution is 2.26. The summed E-state index contributed by atoms with van der Waals surface area (Å²) < 4.78 is 27.9. The summed E-state index contributed by atoms with van der Waals surface area (Å²) in [5, 5.41) is 3.25. The van der Waals surface area contributed by atoms with Crippen molar-refractivity contribution in [2.24, 2.45) is 0 Å². The van der Waals surface area contributed by atoms with Crippen LogP contribution in [0.2, 0.25) is 15.1 Å². The maximum Gasteiger partial charge on any atom is 0.242 e. The number of nitrogens with one attached hydrogen (secondary N) is 2. The summed E-state index contributed by atoms with van der Waals surface area (Å²) in [7, 11) is -4.06. The van der Waals surface area contributed by atoms with E-state index in [9.17, 15) is 13.2 Å². The number of sulfonamides is 1. The fourth-order valence-corrected chi connectivity index (χ4v) is 4.84. The van der Waals surface area contributed by atoms with Crippen molar-refractivity contribution in [1.82, 2.24) is 4.72 Å². The Morgan fingerprint density at radius 1 is 1.11 bits per heavy atom. The molecule has 0 aliphatic heterocycles. The first-order valence-electron chi connectivity index (χ1n) is 7.76. The van der Waals surface area contributed by atoms with Crippen LogP contribution in [0.25, 0.3) is 0 Å². The Morgan fingerprint density at radius 2 is 1.81 bits per heavy atom. The molecule has 1 amide bonds. The first-order valence-corrected chi connectivity index (χ1v) is 11.8. The van der Waals surface area contributed by atoms with Crippen LogP contribution in [-0.2, 0) is 14.8 Å². The van der Waals surface area contributed by atoms with Gasteiger partial charge in [-0.2, -0.15) is 16.5 Å². The van der Waals surface area contributed by atoms with Crippen molar-refractivity contribution in [3.63, 3.8) is 0 Å². The van der Waals surface area contributed by atoms with Crippen LogP contribution in [0.4, 0.5) is 5.69 Å². The van der Waals surface area contributed by atoms with Crippen LogP contribution in [0.15, 0.2) is 47.4 Å². The van der Waals surface area contributed by atoms with Gasteiger partial charge in [0.2, 0.25) is 15.9 Å². The van der Waals surface area contributed by atoms with Gasteiger partial charge in [0.1, 0.15) is 10.9 Å². The number of carbonyl (C=O) groups is 1. The smallest absolute Gasteiger partial charge is 0.242 e. The molecule has 0 spiro atoms. The highest BCUT2D eigenvalue weighted by Gasteiger charge is 2.27. The van der Waals surface area contributed by atoms with Gasteiger partial charge in [-0.3, -0.25) is 4.79 Å². The minimum atomic E-state index is -4.06. The van der Waals surface area contributed by atoms with Crippen molar-refractivity contribution >= 4 is 68.2 Å². The molecule has 1 unspecified atom stereocenters. The molecule has 0 saturated carbocycles. The SMILES string of the molecule is CSCCC(NS(=O)(=O)c1cc(Cl)ccc1Cl)C(=O)Nc1ccccc1Cl. The van der Waals surface area contributed by atoms with Crippen molar-refractivity contribution < 1.29 is 13.2 Å². The van der Waals surface area contributed by atoms with Gasteiger partial charge in [-0.05, 0) is 48.8 Å². The lowest BCUT2D eigenvalue weighted by atomic mass is 10.2. The number of hydrogen-bond donors (Lipinski definition) is 2. The third-order valence-corrected chi connectivity index (χ3v) is 6.70. The predicted molar refractivity (Wildman–Crippen MR) is 114 cm³/mol. The molecule has 0 aromatic heterocycles. The summed E-state index contributed by atoms with van der Waals surface area (Å²) in [4.78, 5) is 12.5. The van der Waals surface area contributed by atoms with Gasteiger partial charge in [0, 0.05) is 5.02 Å². The van der Waals surface area contributed by atoms with Crippen molar-refractivity contribution in [2.75, 3.05) is 17.3 Å². The molecule has 27 heavy (non-hydrogen) atoms. The number of para-hydroxylation sites is 1. The minimum Gasteiger partial charge on any atom is -0.323 e. The zero-order chi connectivity index (χ0) is 20.0. The molecule has 146 valence electrons. The third kappa shape index (κ3) is 6.27. The van der Waals surface area contributed by atoms with E-state index in [1.165, 1.54) is 30.0 Å². The number of benzene rings is 2. The van der Waals surface area contributed by atoms with Gasteiger partial charge in [0.25, 0.3) is 0 Å². The average molecular weight is 468 g/mol. The highest BCUT2D eigenvalue weighted by molar-refractivity contribution is 7.98. The number of halogens is 3. The Kier molecular flexibility index (Phi) is 8.27. The molecule has 2 rings (SSSR count). The zero-order valence-electron chi connectivity index (χ0n) is 14.2. The quantitative estimate of drug-likeness (QED) is 0.591. The molecule has 2 aromatic carbocycles. The standard InChI is InChI=1S/C17H17Cl3N2O3S2/c1-26-9-8-15(17(23)21-14-5-3-2-4-12(14)19)22-27(24,25)16-10-11(18)6-7-13(16)20/h2-7,10,15,22H,8-9H2,1H3,(H,21,23). The summed E-state index contributed by atoms with van der Waals surface area (Å²) in [6.45, 7) is 0. The molecule has 0 saturated heterocycles. The van der Waals surface area contributed by atoms with E-state index in [-0.39, 0.29) is 21.4 Å². The van der Waals surface area contributed by atoms with E-state index in [0.29, 0.717) is 16.5 Å². The molecule has 0 bridgehead atoms. The summed E-state index contributed by atoms with van der Waals surface area (Å²) >= 11 is 19.4. The van der Waals surface area contributed by atoms with Crippen LogP contribution >= 0.6 is 46.6 Å². The second-order valence-electron chi connectivity index (χ2n) is 5.50. The number of carbonyl (C=O) groups excluding carboxylic acids is 1. The number of anilines is 1. The average Bonchev–Trinajstić information content (AvgIpc) is 2.62. The summed E-state index contributed by atoms with van der Waals surface area (Å²) in [5.41, 5.74) is 0.401. The first-order chi connectivity index (χ1) is 12.7. The first kappa shape index (κ1) is 22.3. The lowest BCUT2D eigenvalue weighted by Gasteiger charge is -2.19. The monoisotopic (exact) mass is 466 g/mol. The van der Waals surface area contributed by atoms with E-state index in [4.69, 9.17) is 34.8 Å². The largest absolute Gasteiger partial charge is 0.323 e. The van der Waals surface area contributed by atoms with E-state index >= 15 is 0 Å². The van der Waals surface area contributed by atoms with Crippen molar-refractivity contribution in [1.29, 1.82) is 0 Å². The summed E-state index contributed by atoms with van der Waals surface area (Å²) in [6, 6.07) is 9.81. The van der Waals surface area contributed by atoms with E-state index in [2.05, 4.69) is 10.0 Å². The Hall–Kier alpha value is -0.960. The van der Waals surface area contributed by atoms with E-state index < -0.39 is 22.0 Å². The Bertz CT molecular complexity index is 923. The molecular weight excluding hydrogens is 451 g/mol. The van der Waals surface area contributed by atoms with Gasteiger partial charge in [-0.25, -0.2) is 8.42 Å². The number of thioether (sulfide) groups is 1. The van der Waals surface area contributed by atoms with Gasteiger partial charge < -0.3 is 5.32 Å². The van der Waals surface area contributed by atoms with Crippen molar-refractivity contribution in [2.45, 2.75) is 17.4 Å². The molecule has 1 atom stereocenters. The van der Waals surface area contributed by atoms with Crippen LogP contribution in [0.5, 0.6) is 0 Å². The Morgan fingerprint density at radius 3 is 2.48 bits per heavy atom. The topological polar surface area (TPSA) is 75.3 Å². The second kappa shape index (κ2) is 10.0. The number of rotatable bonds is 8. The lowest BCUT2D eigenvalue weighted by molar-refractivity contribution is -0.117. The molecule has 0 aliphatic carbocycles. The van der Waals surface area contributed by atoms with Crippen molar-refractivity contribution in [3.05, 3.63) is 57.5 Å². The van der Waals surface area contributed by atoms with Crippen LogP contribution < -0.4 is 10.0 Å². The summed E-state index contributed by atoms with van der Waals surface area (Å²) in [6.07, 6.45) is 2.15. The maximum absolute atomic E-state index is 12.7. The molecule has 5 nitrogen and oxygen atoms in total. The molecular formula is C17H17Cl3N2O3S2. The van der Waals surface area contributed by atoms with Gasteiger partial charge >= 0.3 is 0 Å². The maximum atomic E-state index is 12.7. The van der Waals surface area contributed by atoms with E-state index in [1.54, 1.807) is 24.3 Å². The Balaban J connectivity index is 2.26. The lowest BCUT2D eigenvalue weighted by Crippen LogP contribution is -2.44. The molecule has 0 aliphatic rings. The third-order valence-electron chi connectivity index (χ3n) is 3.54. The van der Waals surface area contributed by atoms with Crippen LogP contribution in [0, 0.1) is 0 Å². The van der Waals surface area contributed by atoms with Gasteiger partial charge in [-0.1, -0.05) is 46.9 Å². The van der Waals surface area contributed by atoms with Crippen LogP contribution in [-0.4, -0.2) is 32.4 Å². The van der Waals surface area contributed by atoms with Crippen LogP contribution in [0.3, 0.4) is 0 Å². The zero-order valence-corrected chi connectivity index (χ0v) is 18.1. The fraction of sp³-hybridized carbons (Fsp3) is 0.235. The van der Waals surface area contributed by atoms with Crippen LogP contribution in [0.1, 0.15) is 6.42 Å². The second-order valence-corrected chi connectivity index (χ2v) is 9.42. The molecule has 2 aromatic rings. The van der Waals surface area contributed by atoms with E-state index in [1.807, 2.05) is 6.26 Å². The molecule has 0 heterocycles. The van der Waals surface area contributed by atoms with Gasteiger partial charge in [0.05, 0.1) is 15.7 Å². The minimum absolute atomic E-state index is 0.0158. The van der Waals surface area contributed by atoms with Crippen molar-refractivity contribution in [3.8, 4) is 0 Å². The predicted octanol–water partition coefficient (Wildman–Crippen LogP) is 4.69. The molecule has 0 radical (unpaired) electrons. The number of hydrogen-bond acceptors (Lipinski definition) is 4. The normalized spacial score (nSPS) is 12.6. The van der Waals surface area contributed by atoms with Gasteiger partial charge in [0.15, 0.2) is 0 Å². The molecule has 0 fully saturated rings. The molecule has 2 N–H and O–H groups in total. The number of amides is 1. The van der Waals surface area contributed by atoms with E-state index in [0.717, 1.165) is 0 Å². The highest BCUT2D eigenvalue weighted by atomic mass is 35.5. The van der Waals surface area contributed by atoms with Gasteiger partial charge in [-0.15, -0.1) is 0 Å². The Labute approximate surface area is 177 Å². The summed E-state index contributed by atoms with van der Waals surface area (Å²) in [5.74, 6) is 0.0609.